The highest BCUT2D eigenvalue weighted by atomic mass is 19.2. The van der Waals surface area contributed by atoms with E-state index < -0.39 is 11.6 Å². The van der Waals surface area contributed by atoms with Crippen molar-refractivity contribution in [2.45, 2.75) is 25.7 Å². The molecule has 1 unspecified atom stereocenters. The van der Waals surface area contributed by atoms with Crippen molar-refractivity contribution in [3.63, 3.8) is 0 Å². The van der Waals surface area contributed by atoms with Crippen molar-refractivity contribution in [2.75, 3.05) is 0 Å². The molecule has 2 aromatic rings. The van der Waals surface area contributed by atoms with Gasteiger partial charge in [-0.25, -0.2) is 8.78 Å². The smallest absolute Gasteiger partial charge is 0.159 e. The van der Waals surface area contributed by atoms with Gasteiger partial charge in [-0.1, -0.05) is 12.1 Å². The summed E-state index contributed by atoms with van der Waals surface area (Å²) in [5.41, 5.74) is 1.54. The number of Topliss-reactive ketones (excluding diaryl/α,β-unsaturated/α-hetero) is 1. The molecule has 0 bridgehead atoms. The van der Waals surface area contributed by atoms with E-state index in [1.54, 1.807) is 24.5 Å². The average Bonchev–Trinajstić information content (AvgIpc) is 2.44. The largest absolute Gasteiger partial charge is 0.300 e. The summed E-state index contributed by atoms with van der Waals surface area (Å²) in [5.74, 6) is -1.84. The Bertz CT molecular complexity index is 599. The number of carbonyl (C=O) groups is 1. The van der Waals surface area contributed by atoms with Gasteiger partial charge in [0.25, 0.3) is 0 Å². The van der Waals surface area contributed by atoms with Crippen molar-refractivity contribution in [3.8, 4) is 0 Å². The molecule has 1 atom stereocenters. The van der Waals surface area contributed by atoms with Crippen LogP contribution >= 0.6 is 0 Å². The van der Waals surface area contributed by atoms with Gasteiger partial charge in [0.1, 0.15) is 5.78 Å². The monoisotopic (exact) mass is 275 g/mol. The van der Waals surface area contributed by atoms with Crippen molar-refractivity contribution in [1.82, 2.24) is 4.98 Å². The summed E-state index contributed by atoms with van der Waals surface area (Å²) in [4.78, 5) is 15.2. The van der Waals surface area contributed by atoms with Crippen molar-refractivity contribution in [1.29, 1.82) is 0 Å². The normalized spacial score (nSPS) is 12.2. The molecule has 0 radical (unpaired) electrons. The molecule has 0 amide bonds. The molecule has 0 saturated carbocycles. The maximum Gasteiger partial charge on any atom is 0.159 e. The molecule has 104 valence electrons. The van der Waals surface area contributed by atoms with Gasteiger partial charge in [-0.2, -0.15) is 0 Å². The Labute approximate surface area is 116 Å². The summed E-state index contributed by atoms with van der Waals surface area (Å²) >= 11 is 0. The first-order valence-electron chi connectivity index (χ1n) is 6.42. The number of hydrogen-bond acceptors (Lipinski definition) is 2. The van der Waals surface area contributed by atoms with Crippen LogP contribution in [0.5, 0.6) is 0 Å². The summed E-state index contributed by atoms with van der Waals surface area (Å²) in [6.07, 6.45) is 4.27. The van der Waals surface area contributed by atoms with E-state index in [2.05, 4.69) is 4.98 Å². The highest BCUT2D eigenvalue weighted by Gasteiger charge is 2.17. The van der Waals surface area contributed by atoms with E-state index in [-0.39, 0.29) is 11.7 Å². The lowest BCUT2D eigenvalue weighted by molar-refractivity contribution is -0.117. The number of rotatable bonds is 5. The van der Waals surface area contributed by atoms with E-state index >= 15 is 0 Å². The highest BCUT2D eigenvalue weighted by Crippen LogP contribution is 2.29. The van der Waals surface area contributed by atoms with E-state index in [1.165, 1.54) is 13.0 Å². The molecular formula is C16H15F2NO. The van der Waals surface area contributed by atoms with Gasteiger partial charge in [0, 0.05) is 24.7 Å². The van der Waals surface area contributed by atoms with Gasteiger partial charge in [0.2, 0.25) is 0 Å². The summed E-state index contributed by atoms with van der Waals surface area (Å²) in [6, 6.07) is 7.51. The fraction of sp³-hybridized carbons (Fsp3) is 0.250. The molecule has 0 saturated heterocycles. The molecule has 0 spiro atoms. The number of hydrogen-bond donors (Lipinski definition) is 0. The summed E-state index contributed by atoms with van der Waals surface area (Å²) in [7, 11) is 0. The first-order chi connectivity index (χ1) is 9.58. The number of pyridine rings is 1. The minimum absolute atomic E-state index is 0.0708. The number of carbonyl (C=O) groups excluding carboxylic acids is 1. The molecule has 1 aromatic heterocycles. The van der Waals surface area contributed by atoms with Crippen LogP contribution in [0.2, 0.25) is 0 Å². The number of ketones is 1. The van der Waals surface area contributed by atoms with Crippen molar-refractivity contribution >= 4 is 5.78 Å². The lowest BCUT2D eigenvalue weighted by atomic mass is 9.88. The van der Waals surface area contributed by atoms with Crippen molar-refractivity contribution < 1.29 is 13.6 Å². The Balaban J connectivity index is 2.35. The van der Waals surface area contributed by atoms with E-state index in [0.29, 0.717) is 18.4 Å². The Morgan fingerprint density at radius 3 is 2.60 bits per heavy atom. The molecule has 0 aliphatic rings. The lowest BCUT2D eigenvalue weighted by Gasteiger charge is -2.17. The fourth-order valence-corrected chi connectivity index (χ4v) is 2.18. The third-order valence-electron chi connectivity index (χ3n) is 3.22. The number of halogens is 2. The second-order valence-corrected chi connectivity index (χ2v) is 4.75. The molecule has 0 aliphatic carbocycles. The third kappa shape index (κ3) is 3.47. The molecule has 2 nitrogen and oxygen atoms in total. The van der Waals surface area contributed by atoms with Crippen molar-refractivity contribution in [2.24, 2.45) is 0 Å². The van der Waals surface area contributed by atoms with Gasteiger partial charge in [-0.3, -0.25) is 4.98 Å². The highest BCUT2D eigenvalue weighted by molar-refractivity contribution is 5.75. The minimum atomic E-state index is -0.876. The van der Waals surface area contributed by atoms with E-state index in [9.17, 15) is 13.6 Å². The van der Waals surface area contributed by atoms with E-state index in [4.69, 9.17) is 0 Å². The predicted molar refractivity (Wildman–Crippen MR) is 72.4 cm³/mol. The molecule has 1 heterocycles. The molecule has 0 N–H and O–H groups in total. The first-order valence-corrected chi connectivity index (χ1v) is 6.42. The Kier molecular flexibility index (Phi) is 4.56. The Morgan fingerprint density at radius 1 is 1.20 bits per heavy atom. The number of benzene rings is 1. The SMILES string of the molecule is CC(=O)CCC(c1cccnc1)c1ccc(F)c(F)c1. The van der Waals surface area contributed by atoms with Gasteiger partial charge in [-0.15, -0.1) is 0 Å². The van der Waals surface area contributed by atoms with E-state index in [1.807, 2.05) is 6.07 Å². The zero-order chi connectivity index (χ0) is 14.5. The second-order valence-electron chi connectivity index (χ2n) is 4.75. The van der Waals surface area contributed by atoms with Gasteiger partial charge < -0.3 is 4.79 Å². The van der Waals surface area contributed by atoms with Gasteiger partial charge in [-0.05, 0) is 42.7 Å². The van der Waals surface area contributed by atoms with Crippen LogP contribution < -0.4 is 0 Å². The van der Waals surface area contributed by atoms with Crippen LogP contribution in [0.25, 0.3) is 0 Å². The predicted octanol–water partition coefficient (Wildman–Crippen LogP) is 3.86. The van der Waals surface area contributed by atoms with Crippen LogP contribution in [0.15, 0.2) is 42.7 Å². The van der Waals surface area contributed by atoms with Crippen LogP contribution in [-0.2, 0) is 4.79 Å². The van der Waals surface area contributed by atoms with Crippen LogP contribution in [0.1, 0.15) is 36.8 Å². The minimum Gasteiger partial charge on any atom is -0.300 e. The third-order valence-corrected chi connectivity index (χ3v) is 3.22. The second kappa shape index (κ2) is 6.37. The molecular weight excluding hydrogens is 260 g/mol. The molecule has 0 aliphatic heterocycles. The quantitative estimate of drug-likeness (QED) is 0.829. The molecule has 2 rings (SSSR count). The summed E-state index contributed by atoms with van der Waals surface area (Å²) < 4.78 is 26.4. The number of aromatic nitrogens is 1. The first kappa shape index (κ1) is 14.3. The zero-order valence-corrected chi connectivity index (χ0v) is 11.1. The van der Waals surface area contributed by atoms with Gasteiger partial charge in [0.15, 0.2) is 11.6 Å². The standard InChI is InChI=1S/C16H15F2NO/c1-11(20)4-6-14(13-3-2-8-19-10-13)12-5-7-15(17)16(18)9-12/h2-3,5,7-10,14H,4,6H2,1H3. The maximum atomic E-state index is 13.4. The summed E-state index contributed by atoms with van der Waals surface area (Å²) in [5, 5.41) is 0. The molecule has 4 heteroatoms. The van der Waals surface area contributed by atoms with Crippen LogP contribution in [0.3, 0.4) is 0 Å². The topological polar surface area (TPSA) is 30.0 Å². The lowest BCUT2D eigenvalue weighted by Crippen LogP contribution is -2.05. The van der Waals surface area contributed by atoms with E-state index in [0.717, 1.165) is 11.6 Å². The van der Waals surface area contributed by atoms with Gasteiger partial charge in [0.05, 0.1) is 0 Å². The fourth-order valence-electron chi connectivity index (χ4n) is 2.18. The number of nitrogens with zero attached hydrogens (tertiary/aromatic N) is 1. The zero-order valence-electron chi connectivity index (χ0n) is 11.1. The molecule has 20 heavy (non-hydrogen) atoms. The molecule has 0 fully saturated rings. The van der Waals surface area contributed by atoms with Crippen LogP contribution in [-0.4, -0.2) is 10.8 Å². The average molecular weight is 275 g/mol. The van der Waals surface area contributed by atoms with Crippen LogP contribution in [0.4, 0.5) is 8.78 Å². The summed E-state index contributed by atoms with van der Waals surface area (Å²) in [6.45, 7) is 1.52. The molecule has 1 aromatic carbocycles. The Morgan fingerprint density at radius 2 is 2.00 bits per heavy atom. The Hall–Kier alpha value is -2.10. The maximum absolute atomic E-state index is 13.4. The van der Waals surface area contributed by atoms with Crippen LogP contribution in [0, 0.1) is 11.6 Å². The van der Waals surface area contributed by atoms with Crippen molar-refractivity contribution in [3.05, 3.63) is 65.5 Å². The van der Waals surface area contributed by atoms with Gasteiger partial charge >= 0.3 is 0 Å².